The van der Waals surface area contributed by atoms with E-state index >= 15 is 0 Å². The highest BCUT2D eigenvalue weighted by molar-refractivity contribution is 7.89. The molecule has 0 radical (unpaired) electrons. The Labute approximate surface area is 131 Å². The monoisotopic (exact) mass is 326 g/mol. The molecule has 2 N–H and O–H groups in total. The summed E-state index contributed by atoms with van der Waals surface area (Å²) in [5.41, 5.74) is 0.344. The molecule has 122 valence electrons. The van der Waals surface area contributed by atoms with Crippen molar-refractivity contribution in [2.24, 2.45) is 0 Å². The maximum absolute atomic E-state index is 12.4. The van der Waals surface area contributed by atoms with Gasteiger partial charge in [0.25, 0.3) is 0 Å². The molecule has 7 heteroatoms. The fourth-order valence-corrected chi connectivity index (χ4v) is 3.66. The molecule has 1 heterocycles. The normalized spacial score (nSPS) is 19.4. The molecule has 0 aliphatic carbocycles. The van der Waals surface area contributed by atoms with Crippen LogP contribution in [0.5, 0.6) is 0 Å². The van der Waals surface area contributed by atoms with Crippen LogP contribution in [0.25, 0.3) is 0 Å². The lowest BCUT2D eigenvalue weighted by atomic mass is 10.2. The molecule has 1 saturated heterocycles. The lowest BCUT2D eigenvalue weighted by molar-refractivity contribution is 0.0526. The molecule has 0 amide bonds. The minimum Gasteiger partial charge on any atom is -0.462 e. The van der Waals surface area contributed by atoms with Crippen molar-refractivity contribution in [3.63, 3.8) is 0 Å². The second kappa shape index (κ2) is 7.71. The van der Waals surface area contributed by atoms with E-state index in [2.05, 4.69) is 10.0 Å². The van der Waals surface area contributed by atoms with E-state index in [0.29, 0.717) is 12.1 Å². The molecule has 22 heavy (non-hydrogen) atoms. The first kappa shape index (κ1) is 16.9. The second-order valence-corrected chi connectivity index (χ2v) is 6.98. The molecule has 1 unspecified atom stereocenters. The van der Waals surface area contributed by atoms with Crippen molar-refractivity contribution in [3.8, 4) is 0 Å². The van der Waals surface area contributed by atoms with Gasteiger partial charge in [0, 0.05) is 12.6 Å². The molecule has 1 aliphatic heterocycles. The highest BCUT2D eigenvalue weighted by Crippen LogP contribution is 2.14. The van der Waals surface area contributed by atoms with Gasteiger partial charge in [-0.15, -0.1) is 0 Å². The lowest BCUT2D eigenvalue weighted by Crippen LogP contribution is -2.40. The maximum Gasteiger partial charge on any atom is 0.338 e. The van der Waals surface area contributed by atoms with Crippen molar-refractivity contribution in [2.45, 2.75) is 37.1 Å². The Morgan fingerprint density at radius 1 is 1.32 bits per heavy atom. The Kier molecular flexibility index (Phi) is 5.93. The Hall–Kier alpha value is -1.44. The summed E-state index contributed by atoms with van der Waals surface area (Å²) in [4.78, 5) is 11.7. The van der Waals surface area contributed by atoms with Gasteiger partial charge >= 0.3 is 5.97 Å². The topological polar surface area (TPSA) is 84.5 Å². The Balaban J connectivity index is 2.07. The predicted octanol–water partition coefficient (Wildman–Crippen LogP) is 1.28. The van der Waals surface area contributed by atoms with E-state index in [0.717, 1.165) is 25.8 Å². The molecule has 1 aromatic rings. The van der Waals surface area contributed by atoms with Gasteiger partial charge in [0.15, 0.2) is 0 Å². The zero-order chi connectivity index (χ0) is 16.0. The minimum absolute atomic E-state index is 0.0998. The van der Waals surface area contributed by atoms with Crippen LogP contribution in [-0.2, 0) is 14.8 Å². The highest BCUT2D eigenvalue weighted by atomic mass is 32.2. The van der Waals surface area contributed by atoms with Crippen LogP contribution < -0.4 is 10.0 Å². The number of nitrogens with one attached hydrogen (secondary N) is 2. The summed E-state index contributed by atoms with van der Waals surface area (Å²) in [7, 11) is -3.57. The Morgan fingerprint density at radius 2 is 2.05 bits per heavy atom. The molecule has 1 aliphatic rings. The van der Waals surface area contributed by atoms with Crippen LogP contribution in [-0.4, -0.2) is 40.1 Å². The van der Waals surface area contributed by atoms with Gasteiger partial charge in [-0.2, -0.15) is 0 Å². The van der Waals surface area contributed by atoms with E-state index in [9.17, 15) is 13.2 Å². The number of hydrogen-bond donors (Lipinski definition) is 2. The van der Waals surface area contributed by atoms with Crippen molar-refractivity contribution < 1.29 is 17.9 Å². The number of esters is 1. The number of benzene rings is 1. The van der Waals surface area contributed by atoms with Crippen LogP contribution >= 0.6 is 0 Å². The smallest absolute Gasteiger partial charge is 0.338 e. The van der Waals surface area contributed by atoms with Crippen molar-refractivity contribution >= 4 is 16.0 Å². The maximum atomic E-state index is 12.4. The molecular formula is C15H22N2O4S. The average Bonchev–Trinajstić information content (AvgIpc) is 2.76. The molecule has 1 aromatic carbocycles. The number of hydrogen-bond acceptors (Lipinski definition) is 5. The van der Waals surface area contributed by atoms with Crippen molar-refractivity contribution in [3.05, 3.63) is 29.8 Å². The second-order valence-electron chi connectivity index (χ2n) is 5.26. The fourth-order valence-electron chi connectivity index (χ4n) is 2.39. The first-order chi connectivity index (χ1) is 10.5. The lowest BCUT2D eigenvalue weighted by Gasteiger charge is -2.16. The first-order valence-corrected chi connectivity index (χ1v) is 9.01. The van der Waals surface area contributed by atoms with E-state index in [1.807, 2.05) is 0 Å². The molecule has 1 fully saturated rings. The quantitative estimate of drug-likeness (QED) is 0.796. The van der Waals surface area contributed by atoms with Gasteiger partial charge in [-0.05, 0) is 50.6 Å². The molecule has 2 rings (SSSR count). The van der Waals surface area contributed by atoms with Crippen molar-refractivity contribution in [1.82, 2.24) is 10.0 Å². The third-order valence-electron chi connectivity index (χ3n) is 3.54. The Morgan fingerprint density at radius 3 is 2.73 bits per heavy atom. The van der Waals surface area contributed by atoms with Gasteiger partial charge in [-0.25, -0.2) is 17.9 Å². The number of sulfonamides is 1. The van der Waals surface area contributed by atoms with Crippen molar-refractivity contribution in [2.75, 3.05) is 19.7 Å². The Bertz CT molecular complexity index is 590. The van der Waals surface area contributed by atoms with Gasteiger partial charge in [-0.3, -0.25) is 0 Å². The van der Waals surface area contributed by atoms with E-state index in [1.54, 1.807) is 6.92 Å². The summed E-state index contributed by atoms with van der Waals surface area (Å²) >= 11 is 0. The average molecular weight is 326 g/mol. The molecule has 0 spiro atoms. The van der Waals surface area contributed by atoms with Gasteiger partial charge < -0.3 is 10.1 Å². The van der Waals surface area contributed by atoms with E-state index in [1.165, 1.54) is 24.3 Å². The number of ether oxygens (including phenoxy) is 1. The number of rotatable bonds is 5. The zero-order valence-electron chi connectivity index (χ0n) is 12.7. The molecule has 1 atom stereocenters. The van der Waals surface area contributed by atoms with Gasteiger partial charge in [0.05, 0.1) is 17.1 Å². The van der Waals surface area contributed by atoms with Gasteiger partial charge in [0.1, 0.15) is 0 Å². The predicted molar refractivity (Wildman–Crippen MR) is 83.2 cm³/mol. The van der Waals surface area contributed by atoms with Crippen LogP contribution in [0.4, 0.5) is 0 Å². The molecule has 6 nitrogen and oxygen atoms in total. The summed E-state index contributed by atoms with van der Waals surface area (Å²) in [6, 6.07) is 5.70. The van der Waals surface area contributed by atoms with Crippen LogP contribution in [0.15, 0.2) is 29.2 Å². The zero-order valence-corrected chi connectivity index (χ0v) is 13.5. The molecule has 0 bridgehead atoms. The summed E-state index contributed by atoms with van der Waals surface area (Å²) in [5, 5.41) is 3.22. The fraction of sp³-hybridized carbons (Fsp3) is 0.533. The SMILES string of the molecule is CCOC(=O)c1ccc(S(=O)(=O)NC2CCCCNC2)cc1. The summed E-state index contributed by atoms with van der Waals surface area (Å²) in [5.74, 6) is -0.452. The van der Waals surface area contributed by atoms with Gasteiger partial charge in [-0.1, -0.05) is 6.42 Å². The van der Waals surface area contributed by atoms with Crippen LogP contribution in [0.1, 0.15) is 36.5 Å². The largest absolute Gasteiger partial charge is 0.462 e. The van der Waals surface area contributed by atoms with Crippen LogP contribution in [0, 0.1) is 0 Å². The van der Waals surface area contributed by atoms with Crippen molar-refractivity contribution in [1.29, 1.82) is 0 Å². The molecule has 0 aromatic heterocycles. The number of carbonyl (C=O) groups is 1. The molecule has 0 saturated carbocycles. The highest BCUT2D eigenvalue weighted by Gasteiger charge is 2.21. The van der Waals surface area contributed by atoms with E-state index in [4.69, 9.17) is 4.74 Å². The first-order valence-electron chi connectivity index (χ1n) is 7.53. The van der Waals surface area contributed by atoms with E-state index in [-0.39, 0.29) is 17.5 Å². The van der Waals surface area contributed by atoms with Crippen LogP contribution in [0.2, 0.25) is 0 Å². The summed E-state index contributed by atoms with van der Waals surface area (Å²) in [6.07, 6.45) is 2.89. The van der Waals surface area contributed by atoms with Crippen LogP contribution in [0.3, 0.4) is 0 Å². The third kappa shape index (κ3) is 4.53. The summed E-state index contributed by atoms with van der Waals surface area (Å²) in [6.45, 7) is 3.57. The summed E-state index contributed by atoms with van der Waals surface area (Å²) < 4.78 is 32.3. The van der Waals surface area contributed by atoms with E-state index < -0.39 is 16.0 Å². The van der Waals surface area contributed by atoms with Gasteiger partial charge in [0.2, 0.25) is 10.0 Å². The standard InChI is InChI=1S/C15H22N2O4S/c1-2-21-15(18)12-6-8-14(9-7-12)22(19,20)17-13-5-3-4-10-16-11-13/h6-9,13,16-17H,2-5,10-11H2,1H3. The molecular weight excluding hydrogens is 304 g/mol. The third-order valence-corrected chi connectivity index (χ3v) is 5.08. The minimum atomic E-state index is -3.57. The number of carbonyl (C=O) groups excluding carboxylic acids is 1.